The Bertz CT molecular complexity index is 1110. The summed E-state index contributed by atoms with van der Waals surface area (Å²) in [6, 6.07) is 15.3. The summed E-state index contributed by atoms with van der Waals surface area (Å²) >= 11 is 6.45. The van der Waals surface area contributed by atoms with Gasteiger partial charge in [0.1, 0.15) is 17.5 Å². The quantitative estimate of drug-likeness (QED) is 0.694. The third-order valence-electron chi connectivity index (χ3n) is 5.11. The molecule has 0 radical (unpaired) electrons. The number of aromatic nitrogens is 1. The normalized spacial score (nSPS) is 14.5. The number of fused-ring (bicyclic) bond motifs is 1. The second-order valence-electron chi connectivity index (χ2n) is 7.00. The molecule has 0 bridgehead atoms. The van der Waals surface area contributed by atoms with Gasteiger partial charge in [-0.3, -0.25) is 9.36 Å². The number of rotatable bonds is 5. The Labute approximate surface area is 167 Å². The molecule has 6 nitrogen and oxygen atoms in total. The largest absolute Gasteiger partial charge is 0.497 e. The van der Waals surface area contributed by atoms with Crippen LogP contribution in [0.1, 0.15) is 24.1 Å². The van der Waals surface area contributed by atoms with Gasteiger partial charge >= 0.3 is 0 Å². The SMILES string of the molecule is COc1ccc2c(c1)c(Cl)c(C#N)n2-c1ccc(CNC(=O)C2(N)CC2)cc1. The van der Waals surface area contributed by atoms with Gasteiger partial charge in [-0.25, -0.2) is 0 Å². The first-order valence-electron chi connectivity index (χ1n) is 8.91. The minimum atomic E-state index is -0.677. The molecular weight excluding hydrogens is 376 g/mol. The van der Waals surface area contributed by atoms with Crippen LogP contribution in [0.3, 0.4) is 0 Å². The van der Waals surface area contributed by atoms with Crippen LogP contribution in [0.25, 0.3) is 16.6 Å². The predicted octanol–water partition coefficient (Wildman–Crippen LogP) is 3.27. The third-order valence-corrected chi connectivity index (χ3v) is 5.49. The molecule has 1 aromatic heterocycles. The minimum absolute atomic E-state index is 0.111. The Morgan fingerprint density at radius 2 is 2.04 bits per heavy atom. The maximum Gasteiger partial charge on any atom is 0.240 e. The first-order chi connectivity index (χ1) is 13.5. The molecule has 1 fully saturated rings. The minimum Gasteiger partial charge on any atom is -0.497 e. The molecule has 4 rings (SSSR count). The molecule has 1 saturated carbocycles. The van der Waals surface area contributed by atoms with Crippen LogP contribution in [0.4, 0.5) is 0 Å². The van der Waals surface area contributed by atoms with Crippen molar-refractivity contribution in [3.8, 4) is 17.5 Å². The Morgan fingerprint density at radius 3 is 2.64 bits per heavy atom. The summed E-state index contributed by atoms with van der Waals surface area (Å²) in [7, 11) is 1.59. The van der Waals surface area contributed by atoms with Crippen LogP contribution in [-0.4, -0.2) is 23.1 Å². The Kier molecular flexibility index (Phi) is 4.50. The lowest BCUT2D eigenvalue weighted by atomic mass is 10.2. The Hall–Kier alpha value is -3.01. The van der Waals surface area contributed by atoms with E-state index in [1.54, 1.807) is 7.11 Å². The standard InChI is InChI=1S/C21H19ClN4O2/c1-28-15-6-7-17-16(10-15)19(22)18(11-23)26(17)14-4-2-13(3-5-14)12-25-20(27)21(24)8-9-21/h2-7,10H,8-9,12,24H2,1H3,(H,25,27). The maximum absolute atomic E-state index is 12.0. The number of carbonyl (C=O) groups excluding carboxylic acids is 1. The molecule has 0 atom stereocenters. The highest BCUT2D eigenvalue weighted by Crippen LogP contribution is 2.35. The summed E-state index contributed by atoms with van der Waals surface area (Å²) in [6.45, 7) is 0.410. The molecule has 1 heterocycles. The van der Waals surface area contributed by atoms with Crippen LogP contribution in [-0.2, 0) is 11.3 Å². The van der Waals surface area contributed by atoms with Gasteiger partial charge in [-0.15, -0.1) is 0 Å². The molecule has 1 aliphatic rings. The number of nitriles is 1. The molecular formula is C21H19ClN4O2. The number of hydrogen-bond acceptors (Lipinski definition) is 4. The van der Waals surface area contributed by atoms with Crippen LogP contribution in [0.2, 0.25) is 5.02 Å². The Morgan fingerprint density at radius 1 is 1.32 bits per heavy atom. The summed E-state index contributed by atoms with van der Waals surface area (Å²) in [5.41, 5.74) is 8.16. The van der Waals surface area contributed by atoms with Gasteiger partial charge in [0, 0.05) is 17.6 Å². The van der Waals surface area contributed by atoms with E-state index in [2.05, 4.69) is 11.4 Å². The van der Waals surface area contributed by atoms with Crippen LogP contribution in [0.15, 0.2) is 42.5 Å². The lowest BCUT2D eigenvalue weighted by Gasteiger charge is -2.11. The fourth-order valence-electron chi connectivity index (χ4n) is 3.21. The summed E-state index contributed by atoms with van der Waals surface area (Å²) in [4.78, 5) is 12.0. The van der Waals surface area contributed by atoms with E-state index in [1.165, 1.54) is 0 Å². The fraction of sp³-hybridized carbons (Fsp3) is 0.238. The number of nitrogens with two attached hydrogens (primary N) is 1. The number of benzene rings is 2. The van der Waals surface area contributed by atoms with E-state index < -0.39 is 5.54 Å². The van der Waals surface area contributed by atoms with Crippen LogP contribution in [0.5, 0.6) is 5.75 Å². The molecule has 2 aromatic carbocycles. The number of nitrogens with one attached hydrogen (secondary N) is 1. The molecule has 0 saturated heterocycles. The number of ether oxygens (including phenoxy) is 1. The number of amides is 1. The number of methoxy groups -OCH3 is 1. The van der Waals surface area contributed by atoms with E-state index in [1.807, 2.05) is 47.0 Å². The van der Waals surface area contributed by atoms with Crippen LogP contribution >= 0.6 is 11.6 Å². The average Bonchev–Trinajstić information content (AvgIpc) is 3.42. The molecule has 3 aromatic rings. The summed E-state index contributed by atoms with van der Waals surface area (Å²) in [5, 5.41) is 13.6. The maximum atomic E-state index is 12.0. The molecule has 0 unspecified atom stereocenters. The second kappa shape index (κ2) is 6.86. The van der Waals surface area contributed by atoms with Crippen molar-refractivity contribution in [2.45, 2.75) is 24.9 Å². The molecule has 7 heteroatoms. The van der Waals surface area contributed by atoms with E-state index in [9.17, 15) is 10.1 Å². The summed E-state index contributed by atoms with van der Waals surface area (Å²) in [5.74, 6) is 0.566. The zero-order valence-corrected chi connectivity index (χ0v) is 16.1. The molecule has 142 valence electrons. The fourth-order valence-corrected chi connectivity index (χ4v) is 3.49. The van der Waals surface area contributed by atoms with Gasteiger partial charge in [0.15, 0.2) is 0 Å². The smallest absolute Gasteiger partial charge is 0.240 e. The van der Waals surface area contributed by atoms with Crippen LogP contribution in [0, 0.1) is 11.3 Å². The lowest BCUT2D eigenvalue weighted by molar-refractivity contribution is -0.123. The molecule has 0 spiro atoms. The molecule has 28 heavy (non-hydrogen) atoms. The number of hydrogen-bond donors (Lipinski definition) is 2. The van der Waals surface area contributed by atoms with Gasteiger partial charge in [0.05, 0.1) is 23.2 Å². The Balaban J connectivity index is 1.64. The van der Waals surface area contributed by atoms with Crippen molar-refractivity contribution in [1.29, 1.82) is 5.26 Å². The van der Waals surface area contributed by atoms with E-state index in [-0.39, 0.29) is 5.91 Å². The zero-order valence-electron chi connectivity index (χ0n) is 15.3. The van der Waals surface area contributed by atoms with Crippen molar-refractivity contribution in [2.24, 2.45) is 5.73 Å². The monoisotopic (exact) mass is 394 g/mol. The third kappa shape index (κ3) is 3.09. The lowest BCUT2D eigenvalue weighted by Crippen LogP contribution is -2.42. The highest BCUT2D eigenvalue weighted by Gasteiger charge is 2.45. The van der Waals surface area contributed by atoms with Crippen LogP contribution < -0.4 is 15.8 Å². The van der Waals surface area contributed by atoms with Gasteiger partial charge in [-0.05, 0) is 48.7 Å². The van der Waals surface area contributed by atoms with Gasteiger partial charge < -0.3 is 15.8 Å². The first-order valence-corrected chi connectivity index (χ1v) is 9.29. The topological polar surface area (TPSA) is 93.1 Å². The number of carbonyl (C=O) groups is 1. The van der Waals surface area contributed by atoms with E-state index in [4.69, 9.17) is 22.1 Å². The van der Waals surface area contributed by atoms with Crippen molar-refractivity contribution in [3.63, 3.8) is 0 Å². The van der Waals surface area contributed by atoms with Gasteiger partial charge in [-0.2, -0.15) is 5.26 Å². The van der Waals surface area contributed by atoms with Crippen molar-refractivity contribution in [2.75, 3.05) is 7.11 Å². The van der Waals surface area contributed by atoms with Gasteiger partial charge in [0.2, 0.25) is 5.91 Å². The van der Waals surface area contributed by atoms with Crippen molar-refractivity contribution < 1.29 is 9.53 Å². The zero-order chi connectivity index (χ0) is 19.9. The van der Waals surface area contributed by atoms with E-state index >= 15 is 0 Å². The van der Waals surface area contributed by atoms with Crippen molar-refractivity contribution in [1.82, 2.24) is 9.88 Å². The molecule has 3 N–H and O–H groups in total. The van der Waals surface area contributed by atoms with Crippen molar-refractivity contribution >= 4 is 28.4 Å². The molecule has 1 amide bonds. The number of nitrogens with zero attached hydrogens (tertiary/aromatic N) is 2. The van der Waals surface area contributed by atoms with Gasteiger partial charge in [0.25, 0.3) is 0 Å². The average molecular weight is 395 g/mol. The molecule has 0 aliphatic heterocycles. The van der Waals surface area contributed by atoms with Gasteiger partial charge in [-0.1, -0.05) is 23.7 Å². The van der Waals surface area contributed by atoms with E-state index in [0.29, 0.717) is 23.0 Å². The predicted molar refractivity (Wildman–Crippen MR) is 108 cm³/mol. The summed E-state index contributed by atoms with van der Waals surface area (Å²) < 4.78 is 7.08. The highest BCUT2D eigenvalue weighted by molar-refractivity contribution is 6.37. The first kappa shape index (κ1) is 18.4. The second-order valence-corrected chi connectivity index (χ2v) is 7.38. The number of halogens is 1. The summed E-state index contributed by atoms with van der Waals surface area (Å²) in [6.07, 6.45) is 1.47. The van der Waals surface area contributed by atoms with E-state index in [0.717, 1.165) is 35.0 Å². The molecule has 1 aliphatic carbocycles. The highest BCUT2D eigenvalue weighted by atomic mass is 35.5. The van der Waals surface area contributed by atoms with Crippen molar-refractivity contribution in [3.05, 3.63) is 58.7 Å².